The SMILES string of the molecule is Cc1c([C@H]2c3ccccc3C(=O)N2CC(=O)NCc2ccc3c(c2)OCO3)c2ccccc2n1C. The third-order valence-corrected chi connectivity index (χ3v) is 7.02. The van der Waals surface area contributed by atoms with Gasteiger partial charge in [0.25, 0.3) is 5.91 Å². The fourth-order valence-corrected chi connectivity index (χ4v) is 5.20. The molecule has 0 saturated heterocycles. The Kier molecular flexibility index (Phi) is 4.99. The molecule has 2 aliphatic heterocycles. The van der Waals surface area contributed by atoms with Crippen LogP contribution in [-0.2, 0) is 18.4 Å². The highest BCUT2D eigenvalue weighted by atomic mass is 16.7. The van der Waals surface area contributed by atoms with Crippen LogP contribution in [0.3, 0.4) is 0 Å². The van der Waals surface area contributed by atoms with Crippen LogP contribution in [0.4, 0.5) is 0 Å². The molecule has 4 aromatic rings. The summed E-state index contributed by atoms with van der Waals surface area (Å²) in [6, 6.07) is 21.1. The van der Waals surface area contributed by atoms with E-state index < -0.39 is 0 Å². The summed E-state index contributed by atoms with van der Waals surface area (Å²) in [6.07, 6.45) is 0. The lowest BCUT2D eigenvalue weighted by Crippen LogP contribution is -2.39. The van der Waals surface area contributed by atoms with E-state index in [0.29, 0.717) is 23.6 Å². The Bertz CT molecular complexity index is 1490. The van der Waals surface area contributed by atoms with Gasteiger partial charge >= 0.3 is 0 Å². The number of para-hydroxylation sites is 1. The normalized spacial score (nSPS) is 16.1. The number of carbonyl (C=O) groups is 2. The lowest BCUT2D eigenvalue weighted by atomic mass is 9.95. The molecule has 35 heavy (non-hydrogen) atoms. The summed E-state index contributed by atoms with van der Waals surface area (Å²) in [7, 11) is 2.03. The van der Waals surface area contributed by atoms with Gasteiger partial charge in [-0.25, -0.2) is 0 Å². The third-order valence-electron chi connectivity index (χ3n) is 7.02. The summed E-state index contributed by atoms with van der Waals surface area (Å²) >= 11 is 0. The topological polar surface area (TPSA) is 72.8 Å². The van der Waals surface area contributed by atoms with Gasteiger partial charge in [0.15, 0.2) is 11.5 Å². The summed E-state index contributed by atoms with van der Waals surface area (Å²) in [4.78, 5) is 28.2. The van der Waals surface area contributed by atoms with E-state index in [1.54, 1.807) is 4.90 Å². The highest BCUT2D eigenvalue weighted by Crippen LogP contribution is 2.43. The van der Waals surface area contributed by atoms with Crippen LogP contribution in [0.5, 0.6) is 11.5 Å². The zero-order valence-electron chi connectivity index (χ0n) is 19.6. The molecule has 0 spiro atoms. The van der Waals surface area contributed by atoms with Gasteiger partial charge in [0.1, 0.15) is 6.54 Å². The van der Waals surface area contributed by atoms with Gasteiger partial charge in [-0.05, 0) is 42.3 Å². The second kappa shape index (κ2) is 8.20. The van der Waals surface area contributed by atoms with E-state index in [9.17, 15) is 9.59 Å². The molecule has 0 saturated carbocycles. The van der Waals surface area contributed by atoms with Crippen LogP contribution in [0.2, 0.25) is 0 Å². The number of hydrogen-bond acceptors (Lipinski definition) is 4. The van der Waals surface area contributed by atoms with Gasteiger partial charge in [0.2, 0.25) is 12.7 Å². The Morgan fingerprint density at radius 1 is 1.03 bits per heavy atom. The van der Waals surface area contributed by atoms with Crippen molar-refractivity contribution in [3.63, 3.8) is 0 Å². The van der Waals surface area contributed by atoms with E-state index in [1.807, 2.05) is 61.6 Å². The quantitative estimate of drug-likeness (QED) is 0.480. The first-order chi connectivity index (χ1) is 17.0. The van der Waals surface area contributed by atoms with E-state index in [2.05, 4.69) is 28.9 Å². The van der Waals surface area contributed by atoms with E-state index in [0.717, 1.165) is 33.3 Å². The highest BCUT2D eigenvalue weighted by Gasteiger charge is 2.40. The van der Waals surface area contributed by atoms with Crippen molar-refractivity contribution >= 4 is 22.7 Å². The van der Waals surface area contributed by atoms with Gasteiger partial charge in [-0.2, -0.15) is 0 Å². The van der Waals surface area contributed by atoms with Gasteiger partial charge in [-0.3, -0.25) is 9.59 Å². The van der Waals surface area contributed by atoms with Crippen molar-refractivity contribution in [2.75, 3.05) is 13.3 Å². The zero-order chi connectivity index (χ0) is 24.1. The number of hydrogen-bond donors (Lipinski definition) is 1. The molecule has 1 aromatic heterocycles. The molecule has 0 aliphatic carbocycles. The molecule has 0 unspecified atom stereocenters. The molecule has 7 heteroatoms. The number of carbonyl (C=O) groups excluding carboxylic acids is 2. The lowest BCUT2D eigenvalue weighted by molar-refractivity contribution is -0.122. The molecular weight excluding hydrogens is 442 g/mol. The van der Waals surface area contributed by atoms with Gasteiger partial charge in [0.05, 0.1) is 6.04 Å². The van der Waals surface area contributed by atoms with Crippen molar-refractivity contribution in [2.24, 2.45) is 7.05 Å². The van der Waals surface area contributed by atoms with E-state index in [1.165, 1.54) is 0 Å². The second-order valence-corrected chi connectivity index (χ2v) is 8.96. The number of aromatic nitrogens is 1. The summed E-state index contributed by atoms with van der Waals surface area (Å²) < 4.78 is 12.9. The number of aryl methyl sites for hydroxylation is 1. The van der Waals surface area contributed by atoms with Crippen LogP contribution < -0.4 is 14.8 Å². The number of nitrogens with zero attached hydrogens (tertiary/aromatic N) is 2. The van der Waals surface area contributed by atoms with Crippen LogP contribution >= 0.6 is 0 Å². The minimum atomic E-state index is -0.332. The van der Waals surface area contributed by atoms with Gasteiger partial charge in [-0.1, -0.05) is 42.5 Å². The average molecular weight is 468 g/mol. The zero-order valence-corrected chi connectivity index (χ0v) is 19.6. The standard InChI is InChI=1S/C28H25N3O4/c1-17-26(21-9-5-6-10-22(21)30(17)2)27-19-7-3-4-8-20(19)28(33)31(27)15-25(32)29-14-18-11-12-23-24(13-18)35-16-34-23/h3-13,27H,14-16H2,1-2H3,(H,29,32)/t27-/m1/s1. The number of ether oxygens (including phenoxy) is 2. The van der Waals surface area contributed by atoms with Crippen LogP contribution in [-0.4, -0.2) is 34.6 Å². The van der Waals surface area contributed by atoms with Gasteiger partial charge in [0, 0.05) is 41.3 Å². The monoisotopic (exact) mass is 467 g/mol. The molecule has 3 aromatic carbocycles. The average Bonchev–Trinajstić information content (AvgIpc) is 3.52. The molecule has 0 radical (unpaired) electrons. The molecular formula is C28H25N3O4. The molecule has 1 N–H and O–H groups in total. The Morgan fingerprint density at radius 2 is 1.80 bits per heavy atom. The van der Waals surface area contributed by atoms with Crippen molar-refractivity contribution in [3.8, 4) is 11.5 Å². The summed E-state index contributed by atoms with van der Waals surface area (Å²) in [6.45, 7) is 2.57. The molecule has 0 fully saturated rings. The Morgan fingerprint density at radius 3 is 2.69 bits per heavy atom. The molecule has 176 valence electrons. The number of amides is 2. The molecule has 0 bridgehead atoms. The molecule has 7 nitrogen and oxygen atoms in total. The highest BCUT2D eigenvalue weighted by molar-refractivity contribution is 6.02. The van der Waals surface area contributed by atoms with Crippen LogP contribution in [0.25, 0.3) is 10.9 Å². The Hall–Kier alpha value is -4.26. The first-order valence-electron chi connectivity index (χ1n) is 11.6. The predicted octanol–water partition coefficient (Wildman–Crippen LogP) is 4.08. The molecule has 2 amide bonds. The third kappa shape index (κ3) is 3.43. The van der Waals surface area contributed by atoms with E-state index in [4.69, 9.17) is 9.47 Å². The van der Waals surface area contributed by atoms with Gasteiger partial charge in [-0.15, -0.1) is 0 Å². The number of fused-ring (bicyclic) bond motifs is 3. The molecule has 3 heterocycles. The largest absolute Gasteiger partial charge is 0.454 e. The van der Waals surface area contributed by atoms with Crippen molar-refractivity contribution in [2.45, 2.75) is 19.5 Å². The molecule has 2 aliphatic rings. The first-order valence-corrected chi connectivity index (χ1v) is 11.6. The fourth-order valence-electron chi connectivity index (χ4n) is 5.20. The first kappa shape index (κ1) is 21.3. The van der Waals surface area contributed by atoms with E-state index in [-0.39, 0.29) is 31.2 Å². The fraction of sp³-hybridized carbons (Fsp3) is 0.214. The van der Waals surface area contributed by atoms with Crippen molar-refractivity contribution in [1.82, 2.24) is 14.8 Å². The lowest BCUT2D eigenvalue weighted by Gasteiger charge is -2.26. The smallest absolute Gasteiger partial charge is 0.255 e. The van der Waals surface area contributed by atoms with Crippen LogP contribution in [0, 0.1) is 6.92 Å². The van der Waals surface area contributed by atoms with E-state index >= 15 is 0 Å². The molecule has 6 rings (SSSR count). The Labute approximate surface area is 202 Å². The number of rotatable bonds is 5. The maximum Gasteiger partial charge on any atom is 0.255 e. The van der Waals surface area contributed by atoms with Crippen molar-refractivity contribution < 1.29 is 19.1 Å². The van der Waals surface area contributed by atoms with Gasteiger partial charge < -0.3 is 24.3 Å². The number of benzene rings is 3. The van der Waals surface area contributed by atoms with Crippen molar-refractivity contribution in [3.05, 3.63) is 94.7 Å². The minimum absolute atomic E-state index is 0.0363. The maximum absolute atomic E-state index is 13.5. The number of nitrogens with one attached hydrogen (secondary N) is 1. The van der Waals surface area contributed by atoms with Crippen LogP contribution in [0.1, 0.15) is 38.8 Å². The summed E-state index contributed by atoms with van der Waals surface area (Å²) in [5.41, 5.74) is 5.72. The predicted molar refractivity (Wildman–Crippen MR) is 131 cm³/mol. The van der Waals surface area contributed by atoms with Crippen molar-refractivity contribution in [1.29, 1.82) is 0 Å². The maximum atomic E-state index is 13.5. The Balaban J connectivity index is 1.31. The minimum Gasteiger partial charge on any atom is -0.454 e. The molecule has 1 atom stereocenters. The second-order valence-electron chi connectivity index (χ2n) is 8.96. The van der Waals surface area contributed by atoms with Crippen LogP contribution in [0.15, 0.2) is 66.7 Å². The summed E-state index contributed by atoms with van der Waals surface area (Å²) in [5.74, 6) is 1.03. The summed E-state index contributed by atoms with van der Waals surface area (Å²) in [5, 5.41) is 4.05.